The molecule has 1 aliphatic rings. The van der Waals surface area contributed by atoms with Gasteiger partial charge in [0.2, 0.25) is 11.7 Å². The summed E-state index contributed by atoms with van der Waals surface area (Å²) in [5.74, 6) is 0.580. The molecule has 5 rings (SSSR count). The molecule has 4 aromatic rings. The molecule has 0 N–H and O–H groups in total. The average Bonchev–Trinajstić information content (AvgIpc) is 3.43. The van der Waals surface area contributed by atoms with Gasteiger partial charge in [-0.05, 0) is 43.5 Å². The first-order valence-electron chi connectivity index (χ1n) is 11.0. The zero-order valence-corrected chi connectivity index (χ0v) is 19.0. The number of nitrogens with zero attached hydrogens (tertiary/aromatic N) is 5. The summed E-state index contributed by atoms with van der Waals surface area (Å²) in [7, 11) is 0. The molecule has 0 radical (unpaired) electrons. The predicted octanol–water partition coefficient (Wildman–Crippen LogP) is 3.91. The number of hydrogen-bond donors (Lipinski definition) is 0. The molecule has 1 aliphatic heterocycles. The van der Waals surface area contributed by atoms with Crippen LogP contribution >= 0.6 is 11.8 Å². The molecule has 1 amide bonds. The summed E-state index contributed by atoms with van der Waals surface area (Å²) < 4.78 is 3.62. The second-order valence-corrected chi connectivity index (χ2v) is 9.38. The summed E-state index contributed by atoms with van der Waals surface area (Å²) in [4.78, 5) is 28.2. The number of fused-ring (bicyclic) bond motifs is 4. The van der Waals surface area contributed by atoms with Gasteiger partial charge < -0.3 is 4.90 Å². The van der Waals surface area contributed by atoms with Crippen molar-refractivity contribution >= 4 is 40.0 Å². The standard InChI is InChI=1S/C24H25N5O2S/c1-3-4-14-28-22(31)18-10-6-8-12-20(18)29-23(28)25-26-24(29)32-16(2)21(30)27-15-13-17-9-5-7-11-19(17)27/h5-12,16H,3-4,13-15H2,1-2H3. The maximum atomic E-state index is 13.3. The number of carbonyl (C=O) groups is 1. The molecule has 8 heteroatoms. The molecule has 1 unspecified atom stereocenters. The minimum absolute atomic E-state index is 0.0525. The van der Waals surface area contributed by atoms with Gasteiger partial charge in [-0.1, -0.05) is 55.4 Å². The van der Waals surface area contributed by atoms with E-state index in [1.54, 1.807) is 4.57 Å². The zero-order chi connectivity index (χ0) is 22.2. The van der Waals surface area contributed by atoms with Crippen LogP contribution in [-0.2, 0) is 17.8 Å². The van der Waals surface area contributed by atoms with Crippen molar-refractivity contribution in [2.45, 2.75) is 50.1 Å². The number of aryl methyl sites for hydroxylation is 1. The van der Waals surface area contributed by atoms with Gasteiger partial charge in [-0.2, -0.15) is 0 Å². The van der Waals surface area contributed by atoms with Crippen molar-refractivity contribution < 1.29 is 4.79 Å². The van der Waals surface area contributed by atoms with Gasteiger partial charge >= 0.3 is 0 Å². The number of thioether (sulfide) groups is 1. The van der Waals surface area contributed by atoms with Crippen molar-refractivity contribution in [2.24, 2.45) is 0 Å². The number of para-hydroxylation sites is 2. The highest BCUT2D eigenvalue weighted by Gasteiger charge is 2.29. The number of anilines is 1. The van der Waals surface area contributed by atoms with Crippen molar-refractivity contribution in [2.75, 3.05) is 11.4 Å². The second-order valence-electron chi connectivity index (χ2n) is 8.07. The van der Waals surface area contributed by atoms with E-state index in [9.17, 15) is 9.59 Å². The summed E-state index contributed by atoms with van der Waals surface area (Å²) in [5.41, 5.74) is 2.91. The first-order valence-corrected chi connectivity index (χ1v) is 11.9. The largest absolute Gasteiger partial charge is 0.311 e. The van der Waals surface area contributed by atoms with Gasteiger partial charge in [-0.25, -0.2) is 0 Å². The molecule has 0 saturated carbocycles. The molecule has 0 spiro atoms. The third-order valence-corrected chi connectivity index (χ3v) is 7.03. The SMILES string of the molecule is CCCCn1c(=O)c2ccccc2n2c(SC(C)C(=O)N3CCc4ccccc43)nnc12. The number of carbonyl (C=O) groups excluding carboxylic acids is 1. The van der Waals surface area contributed by atoms with Crippen LogP contribution in [0.3, 0.4) is 0 Å². The lowest BCUT2D eigenvalue weighted by molar-refractivity contribution is -0.117. The van der Waals surface area contributed by atoms with Crippen LogP contribution in [0, 0.1) is 0 Å². The first-order chi connectivity index (χ1) is 15.6. The maximum Gasteiger partial charge on any atom is 0.262 e. The second kappa shape index (κ2) is 8.43. The van der Waals surface area contributed by atoms with Gasteiger partial charge in [-0.15, -0.1) is 10.2 Å². The van der Waals surface area contributed by atoms with Crippen LogP contribution in [0.25, 0.3) is 16.7 Å². The number of hydrogen-bond acceptors (Lipinski definition) is 5. The number of unbranched alkanes of at least 4 members (excludes halogenated alkanes) is 1. The highest BCUT2D eigenvalue weighted by molar-refractivity contribution is 8.00. The Bertz CT molecular complexity index is 1380. The Hall–Kier alpha value is -3.13. The molecule has 2 aromatic heterocycles. The van der Waals surface area contributed by atoms with Crippen molar-refractivity contribution in [3.63, 3.8) is 0 Å². The quantitative estimate of drug-likeness (QED) is 0.419. The highest BCUT2D eigenvalue weighted by atomic mass is 32.2. The Morgan fingerprint density at radius 3 is 2.75 bits per heavy atom. The van der Waals surface area contributed by atoms with E-state index < -0.39 is 0 Å². The molecule has 1 atom stereocenters. The Morgan fingerprint density at radius 1 is 1.12 bits per heavy atom. The van der Waals surface area contributed by atoms with E-state index >= 15 is 0 Å². The summed E-state index contributed by atoms with van der Waals surface area (Å²) in [6, 6.07) is 15.6. The van der Waals surface area contributed by atoms with Crippen molar-refractivity contribution in [3.8, 4) is 0 Å². The number of amides is 1. The van der Waals surface area contributed by atoms with E-state index in [4.69, 9.17) is 0 Å². The fourth-order valence-corrected chi connectivity index (χ4v) is 5.24. The van der Waals surface area contributed by atoms with Gasteiger partial charge in [-0.3, -0.25) is 18.6 Å². The van der Waals surface area contributed by atoms with Crippen LogP contribution in [-0.4, -0.2) is 36.9 Å². The Kier molecular flexibility index (Phi) is 5.46. The third-order valence-electron chi connectivity index (χ3n) is 6.00. The van der Waals surface area contributed by atoms with Gasteiger partial charge in [0, 0.05) is 18.8 Å². The molecular formula is C24H25N5O2S. The Balaban J connectivity index is 1.53. The molecule has 32 heavy (non-hydrogen) atoms. The van der Waals surface area contributed by atoms with Crippen molar-refractivity contribution in [1.29, 1.82) is 0 Å². The summed E-state index contributed by atoms with van der Waals surface area (Å²) >= 11 is 1.39. The normalized spacial score (nSPS) is 14.2. The molecule has 0 aliphatic carbocycles. The average molecular weight is 448 g/mol. The Labute approximate surface area is 190 Å². The lowest BCUT2D eigenvalue weighted by Crippen LogP contribution is -2.35. The maximum absolute atomic E-state index is 13.3. The molecule has 3 heterocycles. The molecule has 2 aromatic carbocycles. The Morgan fingerprint density at radius 2 is 1.91 bits per heavy atom. The lowest BCUT2D eigenvalue weighted by Gasteiger charge is -2.21. The molecule has 0 saturated heterocycles. The summed E-state index contributed by atoms with van der Waals surface area (Å²) in [6.45, 7) is 5.29. The van der Waals surface area contributed by atoms with Gasteiger partial charge in [0.25, 0.3) is 5.56 Å². The van der Waals surface area contributed by atoms with Gasteiger partial charge in [0.15, 0.2) is 5.16 Å². The van der Waals surface area contributed by atoms with Gasteiger partial charge in [0.1, 0.15) is 0 Å². The lowest BCUT2D eigenvalue weighted by atomic mass is 10.2. The minimum Gasteiger partial charge on any atom is -0.311 e. The fourth-order valence-electron chi connectivity index (χ4n) is 4.32. The molecule has 7 nitrogen and oxygen atoms in total. The van der Waals surface area contributed by atoms with Crippen LogP contribution in [0.1, 0.15) is 32.3 Å². The highest BCUT2D eigenvalue weighted by Crippen LogP contribution is 2.32. The minimum atomic E-state index is -0.344. The van der Waals surface area contributed by atoms with Crippen molar-refractivity contribution in [3.05, 3.63) is 64.4 Å². The van der Waals surface area contributed by atoms with E-state index in [0.717, 1.165) is 30.5 Å². The van der Waals surface area contributed by atoms with Gasteiger partial charge in [0.05, 0.1) is 16.2 Å². The van der Waals surface area contributed by atoms with Crippen LogP contribution in [0.4, 0.5) is 5.69 Å². The predicted molar refractivity (Wildman–Crippen MR) is 127 cm³/mol. The van der Waals surface area contributed by atoms with Crippen molar-refractivity contribution in [1.82, 2.24) is 19.2 Å². The first kappa shape index (κ1) is 20.8. The van der Waals surface area contributed by atoms with E-state index in [1.807, 2.05) is 58.7 Å². The summed E-state index contributed by atoms with van der Waals surface area (Å²) in [5, 5.41) is 9.66. The van der Waals surface area contributed by atoms with Crippen LogP contribution < -0.4 is 10.5 Å². The van der Waals surface area contributed by atoms with Crippen LogP contribution in [0.15, 0.2) is 58.5 Å². The van der Waals surface area contributed by atoms with E-state index in [2.05, 4.69) is 23.2 Å². The smallest absolute Gasteiger partial charge is 0.262 e. The number of rotatable bonds is 6. The molecule has 0 fully saturated rings. The topological polar surface area (TPSA) is 72.5 Å². The number of aromatic nitrogens is 4. The van der Waals surface area contributed by atoms with E-state index in [1.165, 1.54) is 17.3 Å². The fraction of sp³-hybridized carbons (Fsp3) is 0.333. The van der Waals surface area contributed by atoms with E-state index in [-0.39, 0.29) is 16.7 Å². The molecule has 164 valence electrons. The zero-order valence-electron chi connectivity index (χ0n) is 18.2. The molecule has 0 bridgehead atoms. The van der Waals surface area contributed by atoms with Crippen LogP contribution in [0.5, 0.6) is 0 Å². The number of benzene rings is 2. The third kappa shape index (κ3) is 3.39. The summed E-state index contributed by atoms with van der Waals surface area (Å²) in [6.07, 6.45) is 2.73. The monoisotopic (exact) mass is 447 g/mol. The van der Waals surface area contributed by atoms with E-state index in [0.29, 0.717) is 29.4 Å². The van der Waals surface area contributed by atoms with Crippen LogP contribution in [0.2, 0.25) is 0 Å². The molecular weight excluding hydrogens is 422 g/mol.